The van der Waals surface area contributed by atoms with Crippen LogP contribution in [0.5, 0.6) is 5.75 Å². The molecular weight excluding hydrogens is 260 g/mol. The SMILES string of the molecule is CCC(NC(=O)c1cccc(O)c1C)c1nccs1. The Bertz CT molecular complexity index is 567. The number of benzene rings is 1. The summed E-state index contributed by atoms with van der Waals surface area (Å²) in [7, 11) is 0. The van der Waals surface area contributed by atoms with Crippen LogP contribution in [0.2, 0.25) is 0 Å². The number of amides is 1. The number of carbonyl (C=O) groups excluding carboxylic acids is 1. The van der Waals surface area contributed by atoms with Crippen molar-refractivity contribution in [2.24, 2.45) is 0 Å². The molecule has 0 spiro atoms. The van der Waals surface area contributed by atoms with Gasteiger partial charge in [-0.2, -0.15) is 0 Å². The molecule has 4 nitrogen and oxygen atoms in total. The van der Waals surface area contributed by atoms with E-state index >= 15 is 0 Å². The maximum atomic E-state index is 12.2. The van der Waals surface area contributed by atoms with Crippen molar-refractivity contribution in [2.75, 3.05) is 0 Å². The molecule has 2 N–H and O–H groups in total. The first kappa shape index (κ1) is 13.5. The first-order valence-electron chi connectivity index (χ1n) is 6.12. The summed E-state index contributed by atoms with van der Waals surface area (Å²) in [5.41, 5.74) is 1.09. The fourth-order valence-corrected chi connectivity index (χ4v) is 2.62. The fraction of sp³-hybridized carbons (Fsp3) is 0.286. The van der Waals surface area contributed by atoms with Gasteiger partial charge in [0.25, 0.3) is 5.91 Å². The molecule has 0 bridgehead atoms. The Balaban J connectivity index is 2.18. The van der Waals surface area contributed by atoms with Gasteiger partial charge in [-0.1, -0.05) is 13.0 Å². The van der Waals surface area contributed by atoms with E-state index in [2.05, 4.69) is 10.3 Å². The van der Waals surface area contributed by atoms with Gasteiger partial charge in [0.15, 0.2) is 0 Å². The van der Waals surface area contributed by atoms with Gasteiger partial charge in [0.2, 0.25) is 0 Å². The highest BCUT2D eigenvalue weighted by atomic mass is 32.1. The van der Waals surface area contributed by atoms with Gasteiger partial charge in [-0.05, 0) is 25.5 Å². The van der Waals surface area contributed by atoms with Crippen molar-refractivity contribution in [3.8, 4) is 5.75 Å². The van der Waals surface area contributed by atoms with Gasteiger partial charge < -0.3 is 10.4 Å². The molecule has 0 saturated heterocycles. The molecular formula is C14H16N2O2S. The minimum absolute atomic E-state index is 0.0887. The molecule has 1 amide bonds. The monoisotopic (exact) mass is 276 g/mol. The zero-order valence-electron chi connectivity index (χ0n) is 10.9. The summed E-state index contributed by atoms with van der Waals surface area (Å²) in [6.07, 6.45) is 2.51. The van der Waals surface area contributed by atoms with Crippen LogP contribution >= 0.6 is 11.3 Å². The van der Waals surface area contributed by atoms with Crippen molar-refractivity contribution in [2.45, 2.75) is 26.3 Å². The third-order valence-corrected chi connectivity index (χ3v) is 3.90. The normalized spacial score (nSPS) is 12.1. The van der Waals surface area contributed by atoms with E-state index < -0.39 is 0 Å². The van der Waals surface area contributed by atoms with Crippen molar-refractivity contribution in [3.63, 3.8) is 0 Å². The molecule has 0 aliphatic carbocycles. The first-order chi connectivity index (χ1) is 9.13. The number of phenolic OH excluding ortho intramolecular Hbond substituents is 1. The maximum absolute atomic E-state index is 12.2. The van der Waals surface area contributed by atoms with Crippen molar-refractivity contribution >= 4 is 17.2 Å². The predicted molar refractivity (Wildman–Crippen MR) is 75.5 cm³/mol. The molecule has 5 heteroatoms. The zero-order chi connectivity index (χ0) is 13.8. The Kier molecular flexibility index (Phi) is 4.16. The van der Waals surface area contributed by atoms with Crippen LogP contribution < -0.4 is 5.32 Å². The molecule has 1 atom stereocenters. The molecule has 1 aromatic carbocycles. The van der Waals surface area contributed by atoms with E-state index in [0.29, 0.717) is 11.1 Å². The van der Waals surface area contributed by atoms with E-state index in [1.807, 2.05) is 12.3 Å². The predicted octanol–water partition coefficient (Wildman–Crippen LogP) is 3.04. The number of rotatable bonds is 4. The van der Waals surface area contributed by atoms with Crippen LogP contribution in [-0.4, -0.2) is 16.0 Å². The number of phenols is 1. The maximum Gasteiger partial charge on any atom is 0.252 e. The number of hydrogen-bond acceptors (Lipinski definition) is 4. The van der Waals surface area contributed by atoms with Gasteiger partial charge in [0.1, 0.15) is 10.8 Å². The number of thiazole rings is 1. The lowest BCUT2D eigenvalue weighted by atomic mass is 10.1. The Hall–Kier alpha value is -1.88. The molecule has 0 fully saturated rings. The quantitative estimate of drug-likeness (QED) is 0.902. The highest BCUT2D eigenvalue weighted by molar-refractivity contribution is 7.09. The summed E-state index contributed by atoms with van der Waals surface area (Å²) in [4.78, 5) is 16.5. The van der Waals surface area contributed by atoms with Crippen molar-refractivity contribution < 1.29 is 9.90 Å². The molecule has 19 heavy (non-hydrogen) atoms. The number of aromatic hydroxyl groups is 1. The molecule has 1 aromatic heterocycles. The van der Waals surface area contributed by atoms with Crippen LogP contribution in [0.15, 0.2) is 29.8 Å². The van der Waals surface area contributed by atoms with Crippen LogP contribution in [0.1, 0.15) is 40.3 Å². The molecule has 0 aliphatic rings. The second-order valence-corrected chi connectivity index (χ2v) is 5.18. The molecule has 2 aromatic rings. The average molecular weight is 276 g/mol. The van der Waals surface area contributed by atoms with Gasteiger partial charge in [0.05, 0.1) is 6.04 Å². The molecule has 1 heterocycles. The summed E-state index contributed by atoms with van der Waals surface area (Å²) in [6, 6.07) is 4.86. The van der Waals surface area contributed by atoms with Gasteiger partial charge >= 0.3 is 0 Å². The summed E-state index contributed by atoms with van der Waals surface area (Å²) < 4.78 is 0. The lowest BCUT2D eigenvalue weighted by molar-refractivity contribution is 0.0934. The number of nitrogens with one attached hydrogen (secondary N) is 1. The number of aromatic nitrogens is 1. The van der Waals surface area contributed by atoms with Crippen LogP contribution in [0.4, 0.5) is 0 Å². The van der Waals surface area contributed by atoms with E-state index in [9.17, 15) is 9.90 Å². The molecule has 0 radical (unpaired) electrons. The highest BCUT2D eigenvalue weighted by Crippen LogP contribution is 2.22. The first-order valence-corrected chi connectivity index (χ1v) is 7.00. The van der Waals surface area contributed by atoms with E-state index in [1.165, 1.54) is 11.3 Å². The highest BCUT2D eigenvalue weighted by Gasteiger charge is 2.18. The molecule has 0 aliphatic heterocycles. The van der Waals surface area contributed by atoms with Crippen molar-refractivity contribution in [1.82, 2.24) is 10.3 Å². The Labute approximate surface area is 116 Å². The molecule has 0 saturated carbocycles. The number of hydrogen-bond donors (Lipinski definition) is 2. The minimum atomic E-state index is -0.185. The smallest absolute Gasteiger partial charge is 0.252 e. The largest absolute Gasteiger partial charge is 0.508 e. The van der Waals surface area contributed by atoms with Crippen molar-refractivity contribution in [3.05, 3.63) is 45.9 Å². The average Bonchev–Trinajstić information content (AvgIpc) is 2.92. The standard InChI is InChI=1S/C14H16N2O2S/c1-3-11(14-15-7-8-19-14)16-13(18)10-5-4-6-12(17)9(10)2/h4-8,11,17H,3H2,1-2H3,(H,16,18). The second kappa shape index (κ2) is 5.84. The van der Waals surface area contributed by atoms with E-state index in [4.69, 9.17) is 0 Å². The van der Waals surface area contributed by atoms with Gasteiger partial charge in [-0.3, -0.25) is 4.79 Å². The van der Waals surface area contributed by atoms with Crippen molar-refractivity contribution in [1.29, 1.82) is 0 Å². The number of nitrogens with zero attached hydrogens (tertiary/aromatic N) is 1. The lowest BCUT2D eigenvalue weighted by Gasteiger charge is -2.15. The Morgan fingerprint density at radius 1 is 1.53 bits per heavy atom. The topological polar surface area (TPSA) is 62.2 Å². The summed E-state index contributed by atoms with van der Waals surface area (Å²) in [5.74, 6) is -0.0506. The van der Waals surface area contributed by atoms with E-state index in [-0.39, 0.29) is 17.7 Å². The van der Waals surface area contributed by atoms with E-state index in [1.54, 1.807) is 31.3 Å². The summed E-state index contributed by atoms with van der Waals surface area (Å²) >= 11 is 1.52. The minimum Gasteiger partial charge on any atom is -0.508 e. The summed E-state index contributed by atoms with van der Waals surface area (Å²) in [6.45, 7) is 3.73. The van der Waals surface area contributed by atoms with Gasteiger partial charge in [-0.25, -0.2) is 4.98 Å². The lowest BCUT2D eigenvalue weighted by Crippen LogP contribution is -2.28. The third-order valence-electron chi connectivity index (χ3n) is 3.01. The molecule has 2 rings (SSSR count). The number of carbonyl (C=O) groups is 1. The second-order valence-electron chi connectivity index (χ2n) is 4.25. The van der Waals surface area contributed by atoms with Crippen LogP contribution in [-0.2, 0) is 0 Å². The fourth-order valence-electron chi connectivity index (χ4n) is 1.85. The van der Waals surface area contributed by atoms with Crippen LogP contribution in [0.25, 0.3) is 0 Å². The molecule has 1 unspecified atom stereocenters. The summed E-state index contributed by atoms with van der Waals surface area (Å²) in [5, 5.41) is 15.4. The van der Waals surface area contributed by atoms with Gasteiger partial charge in [0, 0.05) is 22.7 Å². The third kappa shape index (κ3) is 2.93. The Morgan fingerprint density at radius 3 is 2.95 bits per heavy atom. The van der Waals surface area contributed by atoms with Crippen LogP contribution in [0, 0.1) is 6.92 Å². The molecule has 100 valence electrons. The van der Waals surface area contributed by atoms with Gasteiger partial charge in [-0.15, -0.1) is 11.3 Å². The van der Waals surface area contributed by atoms with Crippen LogP contribution in [0.3, 0.4) is 0 Å². The zero-order valence-corrected chi connectivity index (χ0v) is 11.7. The van der Waals surface area contributed by atoms with E-state index in [0.717, 1.165) is 11.4 Å². The Morgan fingerprint density at radius 2 is 2.32 bits per heavy atom.